The van der Waals surface area contributed by atoms with Gasteiger partial charge in [-0.3, -0.25) is 4.99 Å². The molecule has 34 heavy (non-hydrogen) atoms. The Labute approximate surface area is 201 Å². The van der Waals surface area contributed by atoms with E-state index in [2.05, 4.69) is 60.1 Å². The Morgan fingerprint density at radius 2 is 1.38 bits per heavy atom. The van der Waals surface area contributed by atoms with Gasteiger partial charge in [-0.05, 0) is 61.2 Å². The van der Waals surface area contributed by atoms with Gasteiger partial charge in [-0.25, -0.2) is 4.39 Å². The van der Waals surface area contributed by atoms with Crippen molar-refractivity contribution in [2.24, 2.45) is 4.99 Å². The molecule has 0 aliphatic rings. The number of hydrogen-bond acceptors (Lipinski definition) is 3. The van der Waals surface area contributed by atoms with E-state index >= 15 is 0 Å². The zero-order valence-electron chi connectivity index (χ0n) is 19.6. The molecule has 5 heteroatoms. The lowest BCUT2D eigenvalue weighted by atomic mass is 9.55. The van der Waals surface area contributed by atoms with Crippen LogP contribution in [0.2, 0.25) is 0 Å². The first-order chi connectivity index (χ1) is 16.7. The Balaban J connectivity index is 1.75. The summed E-state index contributed by atoms with van der Waals surface area (Å²) in [5, 5.41) is 0. The van der Waals surface area contributed by atoms with Crippen molar-refractivity contribution in [1.29, 1.82) is 0 Å². The van der Waals surface area contributed by atoms with Crippen LogP contribution in [0.5, 0.6) is 5.75 Å². The van der Waals surface area contributed by atoms with Gasteiger partial charge in [0.2, 0.25) is 0 Å². The molecule has 0 spiro atoms. The van der Waals surface area contributed by atoms with Crippen molar-refractivity contribution >= 4 is 35.4 Å². The molecule has 0 N–H and O–H groups in total. The Bertz CT molecular complexity index is 1170. The van der Waals surface area contributed by atoms with E-state index in [4.69, 9.17) is 4.65 Å². The molecule has 170 valence electrons. The lowest BCUT2D eigenvalue weighted by Crippen LogP contribution is -2.47. The molecule has 0 fully saturated rings. The number of hydrogen-bond donors (Lipinski definition) is 0. The molecular formula is C29H28BFN2O. The highest BCUT2D eigenvalue weighted by Gasteiger charge is 2.24. The largest absolute Gasteiger partial charge is 0.551 e. The first kappa shape index (κ1) is 23.3. The van der Waals surface area contributed by atoms with Crippen molar-refractivity contribution in [2.45, 2.75) is 13.8 Å². The molecule has 3 nitrogen and oxygen atoms in total. The quantitative estimate of drug-likeness (QED) is 0.245. The third kappa shape index (κ3) is 5.73. The van der Waals surface area contributed by atoms with Crippen LogP contribution in [0.15, 0.2) is 108 Å². The molecule has 0 amide bonds. The highest BCUT2D eigenvalue weighted by atomic mass is 19.1. The van der Waals surface area contributed by atoms with Crippen molar-refractivity contribution in [3.63, 3.8) is 0 Å². The van der Waals surface area contributed by atoms with E-state index in [0.717, 1.165) is 41.0 Å². The van der Waals surface area contributed by atoms with Crippen LogP contribution < -0.4 is 20.5 Å². The highest BCUT2D eigenvalue weighted by molar-refractivity contribution is 6.80. The molecule has 0 unspecified atom stereocenters. The molecule has 0 aromatic heterocycles. The standard InChI is InChI=1S/C29H28BFN2O/c1-3-33(4-2)28-20-15-23(22-32-27-18-16-26(31)17-19-27)29(21-28)34-30(24-11-7-5-8-12-24)25-13-9-6-10-14-25/h5-22H,3-4H2,1-2H3. The van der Waals surface area contributed by atoms with Crippen molar-refractivity contribution < 1.29 is 9.04 Å². The van der Waals surface area contributed by atoms with Gasteiger partial charge in [-0.2, -0.15) is 0 Å². The van der Waals surface area contributed by atoms with Gasteiger partial charge in [0.25, 0.3) is 0 Å². The summed E-state index contributed by atoms with van der Waals surface area (Å²) in [4.78, 5) is 6.85. The van der Waals surface area contributed by atoms with E-state index < -0.39 is 0 Å². The smallest absolute Gasteiger partial charge is 0.426 e. The summed E-state index contributed by atoms with van der Waals surface area (Å²) in [5.41, 5.74) is 4.78. The summed E-state index contributed by atoms with van der Waals surface area (Å²) in [7, 11) is 0. The maximum atomic E-state index is 13.3. The fraction of sp³-hybridized carbons (Fsp3) is 0.138. The maximum Gasteiger partial charge on any atom is 0.426 e. The monoisotopic (exact) mass is 450 g/mol. The fourth-order valence-electron chi connectivity index (χ4n) is 3.90. The number of benzene rings is 4. The van der Waals surface area contributed by atoms with Crippen LogP contribution in [0.1, 0.15) is 19.4 Å². The normalized spacial score (nSPS) is 10.9. The van der Waals surface area contributed by atoms with E-state index in [1.54, 1.807) is 18.3 Å². The lowest BCUT2D eigenvalue weighted by Gasteiger charge is -2.24. The predicted octanol–water partition coefficient (Wildman–Crippen LogP) is 5.61. The summed E-state index contributed by atoms with van der Waals surface area (Å²) >= 11 is 0. The molecule has 0 atom stereocenters. The number of rotatable bonds is 9. The van der Waals surface area contributed by atoms with E-state index in [9.17, 15) is 4.39 Å². The Kier molecular flexibility index (Phi) is 7.77. The molecule has 0 saturated heterocycles. The summed E-state index contributed by atoms with van der Waals surface area (Å²) in [5.74, 6) is 0.466. The van der Waals surface area contributed by atoms with Gasteiger partial charge < -0.3 is 9.55 Å². The zero-order valence-corrected chi connectivity index (χ0v) is 19.6. The van der Waals surface area contributed by atoms with E-state index in [1.165, 1.54) is 12.1 Å². The van der Waals surface area contributed by atoms with Gasteiger partial charge in [0.05, 0.1) is 5.69 Å². The Morgan fingerprint density at radius 3 is 1.94 bits per heavy atom. The van der Waals surface area contributed by atoms with E-state index in [-0.39, 0.29) is 12.7 Å². The summed E-state index contributed by atoms with van der Waals surface area (Å²) in [6.07, 6.45) is 1.78. The highest BCUT2D eigenvalue weighted by Crippen LogP contribution is 2.26. The average Bonchev–Trinajstić information content (AvgIpc) is 2.89. The minimum atomic E-state index is -0.278. The topological polar surface area (TPSA) is 24.8 Å². The average molecular weight is 450 g/mol. The van der Waals surface area contributed by atoms with Gasteiger partial charge >= 0.3 is 6.92 Å². The fourth-order valence-corrected chi connectivity index (χ4v) is 3.90. The number of halogens is 1. The molecule has 4 rings (SSSR count). The first-order valence-corrected chi connectivity index (χ1v) is 11.6. The Hall–Kier alpha value is -3.86. The molecule has 0 bridgehead atoms. The van der Waals surface area contributed by atoms with Crippen molar-refractivity contribution in [3.8, 4) is 5.75 Å². The van der Waals surface area contributed by atoms with E-state index in [0.29, 0.717) is 5.69 Å². The van der Waals surface area contributed by atoms with Crippen LogP contribution in [0.3, 0.4) is 0 Å². The minimum Gasteiger partial charge on any atom is -0.551 e. The van der Waals surface area contributed by atoms with Crippen LogP contribution in [-0.2, 0) is 0 Å². The molecule has 0 aliphatic carbocycles. The second-order valence-electron chi connectivity index (χ2n) is 7.95. The summed E-state index contributed by atoms with van der Waals surface area (Å²) < 4.78 is 20.0. The second-order valence-corrected chi connectivity index (χ2v) is 7.95. The molecule has 4 aromatic carbocycles. The molecule has 0 saturated carbocycles. The first-order valence-electron chi connectivity index (χ1n) is 11.6. The molecule has 0 radical (unpaired) electrons. The lowest BCUT2D eigenvalue weighted by molar-refractivity contribution is 0.590. The summed E-state index contributed by atoms with van der Waals surface area (Å²) in [6.45, 7) is 5.82. The third-order valence-corrected chi connectivity index (χ3v) is 5.75. The van der Waals surface area contributed by atoms with Crippen molar-refractivity contribution in [3.05, 3.63) is 115 Å². The number of anilines is 1. The zero-order chi connectivity index (χ0) is 23.8. The predicted molar refractivity (Wildman–Crippen MR) is 142 cm³/mol. The second kappa shape index (κ2) is 11.3. The van der Waals surface area contributed by atoms with Crippen molar-refractivity contribution in [1.82, 2.24) is 0 Å². The minimum absolute atomic E-state index is 0.271. The van der Waals surface area contributed by atoms with Crippen LogP contribution in [0.25, 0.3) is 0 Å². The van der Waals surface area contributed by atoms with Crippen LogP contribution in [0.4, 0.5) is 15.8 Å². The molecule has 0 heterocycles. The third-order valence-electron chi connectivity index (χ3n) is 5.75. The maximum absolute atomic E-state index is 13.3. The van der Waals surface area contributed by atoms with Gasteiger partial charge in [-0.15, -0.1) is 0 Å². The van der Waals surface area contributed by atoms with Gasteiger partial charge in [-0.1, -0.05) is 60.7 Å². The molecule has 4 aromatic rings. The molecular weight excluding hydrogens is 422 g/mol. The van der Waals surface area contributed by atoms with Gasteiger partial charge in [0, 0.05) is 36.6 Å². The van der Waals surface area contributed by atoms with Gasteiger partial charge in [0.15, 0.2) is 0 Å². The van der Waals surface area contributed by atoms with E-state index in [1.807, 2.05) is 42.5 Å². The number of aliphatic imine (C=N–C) groups is 1. The van der Waals surface area contributed by atoms with Crippen LogP contribution in [0, 0.1) is 5.82 Å². The van der Waals surface area contributed by atoms with Crippen LogP contribution in [-0.4, -0.2) is 26.2 Å². The SMILES string of the molecule is CCN(CC)c1ccc(C=Nc2ccc(F)cc2)c(OB(c2ccccc2)c2ccccc2)c1. The van der Waals surface area contributed by atoms with Crippen LogP contribution >= 0.6 is 0 Å². The van der Waals surface area contributed by atoms with Gasteiger partial charge in [0.1, 0.15) is 11.6 Å². The summed E-state index contributed by atoms with van der Waals surface area (Å²) in [6, 6.07) is 32.8. The molecule has 0 aliphatic heterocycles. The Morgan fingerprint density at radius 1 is 0.794 bits per heavy atom. The number of nitrogens with zero attached hydrogens (tertiary/aromatic N) is 2. The van der Waals surface area contributed by atoms with Crippen molar-refractivity contribution in [2.75, 3.05) is 18.0 Å².